The summed E-state index contributed by atoms with van der Waals surface area (Å²) in [4.78, 5) is 7.49. The maximum Gasteiger partial charge on any atom is 0.389 e. The van der Waals surface area contributed by atoms with Crippen molar-refractivity contribution in [2.24, 2.45) is 0 Å². The van der Waals surface area contributed by atoms with Gasteiger partial charge in [0.2, 0.25) is 0 Å². The Morgan fingerprint density at radius 2 is 2.00 bits per heavy atom. The molecule has 0 fully saturated rings. The number of halogens is 4. The van der Waals surface area contributed by atoms with Crippen molar-refractivity contribution in [1.29, 1.82) is 0 Å². The van der Waals surface area contributed by atoms with Crippen molar-refractivity contribution in [1.82, 2.24) is 9.97 Å². The lowest BCUT2D eigenvalue weighted by Gasteiger charge is -2.08. The Morgan fingerprint density at radius 1 is 1.29 bits per heavy atom. The number of nitrogens with two attached hydrogens (primary N) is 1. The van der Waals surface area contributed by atoms with Crippen molar-refractivity contribution >= 4 is 23.2 Å². The molecule has 3 N–H and O–H groups in total. The summed E-state index contributed by atoms with van der Waals surface area (Å²) in [5.41, 5.74) is 5.44. The van der Waals surface area contributed by atoms with Gasteiger partial charge in [-0.2, -0.15) is 13.2 Å². The molecule has 0 atom stereocenters. The number of nitrogen functional groups attached to an aromatic ring is 1. The smallest absolute Gasteiger partial charge is 0.382 e. The summed E-state index contributed by atoms with van der Waals surface area (Å²) < 4.78 is 35.5. The highest BCUT2D eigenvalue weighted by molar-refractivity contribution is 6.35. The van der Waals surface area contributed by atoms with E-state index in [2.05, 4.69) is 15.3 Å². The number of hydrogen-bond donors (Lipinski definition) is 2. The molecule has 0 aliphatic heterocycles. The number of nitrogens with one attached hydrogen (secondary N) is 1. The fourth-order valence-electron chi connectivity index (χ4n) is 1.16. The zero-order valence-corrected chi connectivity index (χ0v) is 9.65. The zero-order chi connectivity index (χ0) is 12.9. The lowest BCUT2D eigenvalue weighted by Crippen LogP contribution is -2.09. The third-order valence-corrected chi connectivity index (χ3v) is 2.37. The maximum atomic E-state index is 11.8. The van der Waals surface area contributed by atoms with E-state index in [0.717, 1.165) is 0 Å². The quantitative estimate of drug-likeness (QED) is 0.806. The fraction of sp³-hybridized carbons (Fsp3) is 0.556. The van der Waals surface area contributed by atoms with E-state index < -0.39 is 12.6 Å². The molecule has 0 saturated carbocycles. The predicted molar refractivity (Wildman–Crippen MR) is 59.9 cm³/mol. The van der Waals surface area contributed by atoms with Crippen LogP contribution in [0.2, 0.25) is 5.02 Å². The molecule has 0 aliphatic rings. The number of anilines is 2. The van der Waals surface area contributed by atoms with Crippen molar-refractivity contribution < 1.29 is 13.2 Å². The van der Waals surface area contributed by atoms with Gasteiger partial charge in [-0.05, 0) is 12.8 Å². The minimum absolute atomic E-state index is 0.0642. The summed E-state index contributed by atoms with van der Waals surface area (Å²) in [5, 5.41) is 2.99. The summed E-state index contributed by atoms with van der Waals surface area (Å²) in [6.45, 7) is 0.353. The molecular weight excluding hydrogens is 257 g/mol. The Bertz CT molecular complexity index is 370. The summed E-state index contributed by atoms with van der Waals surface area (Å²) in [5.74, 6) is 0.477. The van der Waals surface area contributed by atoms with E-state index in [0.29, 0.717) is 18.8 Å². The van der Waals surface area contributed by atoms with E-state index in [1.54, 1.807) is 0 Å². The summed E-state index contributed by atoms with van der Waals surface area (Å²) in [6.07, 6.45) is -3.21. The second kappa shape index (κ2) is 5.90. The first-order valence-corrected chi connectivity index (χ1v) is 5.34. The molecule has 0 bridgehead atoms. The molecule has 17 heavy (non-hydrogen) atoms. The average Bonchev–Trinajstić information content (AvgIpc) is 2.22. The van der Waals surface area contributed by atoms with Crippen LogP contribution in [0, 0.1) is 0 Å². The number of hydrogen-bond acceptors (Lipinski definition) is 4. The van der Waals surface area contributed by atoms with Crippen LogP contribution >= 0.6 is 11.6 Å². The van der Waals surface area contributed by atoms with E-state index in [-0.39, 0.29) is 17.3 Å². The molecule has 1 rings (SSSR count). The Morgan fingerprint density at radius 3 is 2.65 bits per heavy atom. The van der Waals surface area contributed by atoms with Gasteiger partial charge in [0.05, 0.1) is 0 Å². The van der Waals surface area contributed by atoms with Crippen LogP contribution in [0.3, 0.4) is 0 Å². The Kier molecular flexibility index (Phi) is 4.80. The van der Waals surface area contributed by atoms with E-state index in [4.69, 9.17) is 17.3 Å². The van der Waals surface area contributed by atoms with Crippen molar-refractivity contribution in [3.05, 3.63) is 11.3 Å². The molecule has 8 heteroatoms. The van der Waals surface area contributed by atoms with Gasteiger partial charge >= 0.3 is 6.18 Å². The molecule has 1 heterocycles. The molecule has 4 nitrogen and oxygen atoms in total. The van der Waals surface area contributed by atoms with E-state index >= 15 is 0 Å². The van der Waals surface area contributed by atoms with Gasteiger partial charge in [-0.25, -0.2) is 9.97 Å². The topological polar surface area (TPSA) is 63.8 Å². The molecule has 0 radical (unpaired) electrons. The molecule has 0 amide bonds. The highest BCUT2D eigenvalue weighted by Crippen LogP contribution is 2.24. The van der Waals surface area contributed by atoms with Crippen LogP contribution in [0.4, 0.5) is 24.8 Å². The summed E-state index contributed by atoms with van der Waals surface area (Å²) in [7, 11) is 0. The Labute approximate surface area is 101 Å². The highest BCUT2D eigenvalue weighted by Gasteiger charge is 2.25. The number of rotatable bonds is 5. The largest absolute Gasteiger partial charge is 0.389 e. The summed E-state index contributed by atoms with van der Waals surface area (Å²) >= 11 is 5.79. The standard InChI is InChI=1S/C9H12ClF3N4/c10-6-7(14)16-5-17-8(6)15-4-2-1-3-9(11,12)13/h5H,1-4H2,(H3,14,15,16,17). The Hall–Kier alpha value is -1.24. The van der Waals surface area contributed by atoms with Crippen LogP contribution in [0.25, 0.3) is 0 Å². The van der Waals surface area contributed by atoms with Gasteiger partial charge in [-0.1, -0.05) is 11.6 Å². The highest BCUT2D eigenvalue weighted by atomic mass is 35.5. The fourth-order valence-corrected chi connectivity index (χ4v) is 1.33. The second-order valence-electron chi connectivity index (χ2n) is 3.42. The first-order valence-electron chi connectivity index (χ1n) is 4.97. The first-order chi connectivity index (χ1) is 7.90. The molecule has 1 aromatic rings. The van der Waals surface area contributed by atoms with Crippen molar-refractivity contribution in [2.75, 3.05) is 17.6 Å². The van der Waals surface area contributed by atoms with Gasteiger partial charge in [0.25, 0.3) is 0 Å². The number of alkyl halides is 3. The molecule has 0 aliphatic carbocycles. The molecule has 0 aromatic carbocycles. The average molecular weight is 269 g/mol. The zero-order valence-electron chi connectivity index (χ0n) is 8.89. The second-order valence-corrected chi connectivity index (χ2v) is 3.80. The number of unbranched alkanes of at least 4 members (excludes halogenated alkanes) is 1. The Balaban J connectivity index is 2.29. The van der Waals surface area contributed by atoms with Crippen LogP contribution in [0.15, 0.2) is 6.33 Å². The van der Waals surface area contributed by atoms with Gasteiger partial charge in [0, 0.05) is 13.0 Å². The number of nitrogens with zero attached hydrogens (tertiary/aromatic N) is 2. The van der Waals surface area contributed by atoms with E-state index in [1.165, 1.54) is 6.33 Å². The van der Waals surface area contributed by atoms with Crippen LogP contribution < -0.4 is 11.1 Å². The predicted octanol–water partition coefficient (Wildman–Crippen LogP) is 2.86. The molecule has 0 unspecified atom stereocenters. The van der Waals surface area contributed by atoms with Gasteiger partial charge in [0.15, 0.2) is 0 Å². The van der Waals surface area contributed by atoms with Crippen LogP contribution in [-0.2, 0) is 0 Å². The van der Waals surface area contributed by atoms with Crippen molar-refractivity contribution in [3.63, 3.8) is 0 Å². The van der Waals surface area contributed by atoms with E-state index in [9.17, 15) is 13.2 Å². The molecule has 0 saturated heterocycles. The van der Waals surface area contributed by atoms with Gasteiger partial charge < -0.3 is 11.1 Å². The van der Waals surface area contributed by atoms with Gasteiger partial charge in [0.1, 0.15) is 23.0 Å². The first kappa shape index (κ1) is 13.8. The third-order valence-electron chi connectivity index (χ3n) is 2.00. The lowest BCUT2D eigenvalue weighted by atomic mass is 10.2. The lowest BCUT2D eigenvalue weighted by molar-refractivity contribution is -0.135. The van der Waals surface area contributed by atoms with Crippen molar-refractivity contribution in [2.45, 2.75) is 25.4 Å². The maximum absolute atomic E-state index is 11.8. The monoisotopic (exact) mass is 268 g/mol. The van der Waals surface area contributed by atoms with Crippen molar-refractivity contribution in [3.8, 4) is 0 Å². The molecule has 1 aromatic heterocycles. The van der Waals surface area contributed by atoms with Gasteiger partial charge in [-0.3, -0.25) is 0 Å². The molecular formula is C9H12ClF3N4. The minimum atomic E-state index is -4.10. The normalized spacial score (nSPS) is 11.5. The SMILES string of the molecule is Nc1ncnc(NCCCCC(F)(F)F)c1Cl. The minimum Gasteiger partial charge on any atom is -0.382 e. The number of aromatic nitrogens is 2. The summed E-state index contributed by atoms with van der Waals surface area (Å²) in [6, 6.07) is 0. The van der Waals surface area contributed by atoms with Crippen LogP contribution in [0.5, 0.6) is 0 Å². The molecule has 96 valence electrons. The van der Waals surface area contributed by atoms with Crippen LogP contribution in [0.1, 0.15) is 19.3 Å². The third kappa shape index (κ3) is 5.08. The van der Waals surface area contributed by atoms with E-state index in [1.807, 2.05) is 0 Å². The molecule has 0 spiro atoms. The van der Waals surface area contributed by atoms with Crippen LogP contribution in [-0.4, -0.2) is 22.7 Å². The van der Waals surface area contributed by atoms with Gasteiger partial charge in [-0.15, -0.1) is 0 Å².